The van der Waals surface area contributed by atoms with E-state index in [9.17, 15) is 17.6 Å². The molecule has 0 bridgehead atoms. The molecule has 29 heavy (non-hydrogen) atoms. The zero-order chi connectivity index (χ0) is 21.4. The average Bonchev–Trinajstić information content (AvgIpc) is 2.67. The second-order valence-corrected chi connectivity index (χ2v) is 8.84. The average molecular weight is 422 g/mol. The Balaban J connectivity index is 1.98. The van der Waals surface area contributed by atoms with E-state index in [1.165, 1.54) is 19.2 Å². The third-order valence-electron chi connectivity index (χ3n) is 4.77. The minimum absolute atomic E-state index is 0.184. The molecule has 0 aromatic heterocycles. The molecule has 0 aliphatic carbocycles. The summed E-state index contributed by atoms with van der Waals surface area (Å²) >= 11 is 0. The predicted octanol–water partition coefficient (Wildman–Crippen LogP) is 4.91. The summed E-state index contributed by atoms with van der Waals surface area (Å²) in [4.78, 5) is 11.3. The van der Waals surface area contributed by atoms with Crippen LogP contribution in [0, 0.1) is 19.7 Å². The van der Waals surface area contributed by atoms with Gasteiger partial charge >= 0.3 is 5.97 Å². The fourth-order valence-electron chi connectivity index (χ4n) is 3.19. The van der Waals surface area contributed by atoms with E-state index in [4.69, 9.17) is 0 Å². The van der Waals surface area contributed by atoms with Crippen molar-refractivity contribution in [1.82, 2.24) is 0 Å². The van der Waals surface area contributed by atoms with Gasteiger partial charge in [0.15, 0.2) is 0 Å². The van der Waals surface area contributed by atoms with Gasteiger partial charge in [0.1, 0.15) is 5.82 Å². The molecule has 0 fully saturated rings. The first-order valence-corrected chi connectivity index (χ1v) is 11.2. The Labute approximate surface area is 172 Å². The lowest BCUT2D eigenvalue weighted by molar-refractivity contribution is -0.140. The van der Waals surface area contributed by atoms with E-state index in [2.05, 4.69) is 9.46 Å². The topological polar surface area (TPSA) is 72.5 Å². The van der Waals surface area contributed by atoms with Crippen LogP contribution in [0.3, 0.4) is 0 Å². The molecule has 0 radical (unpaired) electrons. The highest BCUT2D eigenvalue weighted by atomic mass is 32.2. The Bertz CT molecular complexity index is 934. The Hall–Kier alpha value is -2.41. The van der Waals surface area contributed by atoms with Crippen LogP contribution in [-0.2, 0) is 26.0 Å². The number of aryl methyl sites for hydroxylation is 3. The number of hydrogen-bond acceptors (Lipinski definition) is 4. The maximum atomic E-state index is 13.5. The number of benzene rings is 2. The summed E-state index contributed by atoms with van der Waals surface area (Å²) in [5.41, 5.74) is 2.42. The van der Waals surface area contributed by atoms with Crippen LogP contribution < -0.4 is 4.72 Å². The second-order valence-electron chi connectivity index (χ2n) is 7.16. The minimum atomic E-state index is -3.77. The number of halogens is 1. The van der Waals surface area contributed by atoms with Crippen molar-refractivity contribution in [2.75, 3.05) is 11.8 Å². The maximum Gasteiger partial charge on any atom is 0.305 e. The number of esters is 1. The zero-order valence-electron chi connectivity index (χ0n) is 17.1. The van der Waals surface area contributed by atoms with Crippen LogP contribution in [0.25, 0.3) is 0 Å². The number of unbranched alkanes of at least 4 members (excludes halogenated alkanes) is 3. The van der Waals surface area contributed by atoms with Crippen molar-refractivity contribution >= 4 is 21.7 Å². The number of sulfonamides is 1. The third-order valence-corrected chi connectivity index (χ3v) is 6.11. The molecule has 0 atom stereocenters. The van der Waals surface area contributed by atoms with Crippen molar-refractivity contribution in [3.63, 3.8) is 0 Å². The van der Waals surface area contributed by atoms with E-state index < -0.39 is 15.8 Å². The quantitative estimate of drug-likeness (QED) is 0.437. The van der Waals surface area contributed by atoms with Crippen LogP contribution >= 0.6 is 0 Å². The number of carbonyl (C=O) groups excluding carboxylic acids is 1. The highest BCUT2D eigenvalue weighted by Gasteiger charge is 2.17. The molecule has 0 aliphatic heterocycles. The van der Waals surface area contributed by atoms with Crippen molar-refractivity contribution in [1.29, 1.82) is 0 Å². The Morgan fingerprint density at radius 2 is 1.69 bits per heavy atom. The molecule has 0 amide bonds. The lowest BCUT2D eigenvalue weighted by Crippen LogP contribution is -2.15. The van der Waals surface area contributed by atoms with E-state index in [0.29, 0.717) is 23.2 Å². The van der Waals surface area contributed by atoms with Crippen LogP contribution in [0.5, 0.6) is 0 Å². The summed E-state index contributed by atoms with van der Waals surface area (Å²) in [6.45, 7) is 3.34. The van der Waals surface area contributed by atoms with E-state index in [1.54, 1.807) is 32.0 Å². The Morgan fingerprint density at radius 3 is 2.34 bits per heavy atom. The molecule has 2 rings (SSSR count). The monoisotopic (exact) mass is 421 g/mol. The van der Waals surface area contributed by atoms with Crippen molar-refractivity contribution in [2.24, 2.45) is 0 Å². The molecule has 2 aromatic rings. The van der Waals surface area contributed by atoms with E-state index in [1.807, 2.05) is 6.07 Å². The maximum absolute atomic E-state index is 13.5. The number of carbonyl (C=O) groups is 1. The number of rotatable bonds is 10. The molecule has 0 aliphatic rings. The van der Waals surface area contributed by atoms with Gasteiger partial charge in [-0.1, -0.05) is 25.0 Å². The van der Waals surface area contributed by atoms with Crippen molar-refractivity contribution in [2.45, 2.75) is 57.3 Å². The van der Waals surface area contributed by atoms with Gasteiger partial charge in [-0.3, -0.25) is 9.52 Å². The standard InChI is InChI=1S/C22H28FNO4S/c1-16-13-19(23)14-17(2)22(16)24-29(26,27)20-11-8-10-18(15-20)9-6-4-5-7-12-21(25)28-3/h8,10-11,13-15,24H,4-7,9,12H2,1-3H3. The molecule has 2 aromatic carbocycles. The minimum Gasteiger partial charge on any atom is -0.469 e. The van der Waals surface area contributed by atoms with Crippen molar-refractivity contribution < 1.29 is 22.3 Å². The third kappa shape index (κ3) is 6.85. The summed E-state index contributed by atoms with van der Waals surface area (Å²) < 4.78 is 46.3. The molecule has 0 heterocycles. The highest BCUT2D eigenvalue weighted by Crippen LogP contribution is 2.25. The molecule has 0 spiro atoms. The van der Waals surface area contributed by atoms with E-state index >= 15 is 0 Å². The molecule has 0 unspecified atom stereocenters. The largest absolute Gasteiger partial charge is 0.469 e. The normalized spacial score (nSPS) is 11.3. The lowest BCUT2D eigenvalue weighted by Gasteiger charge is -2.14. The molecular formula is C22H28FNO4S. The Kier molecular flexibility index (Phi) is 8.20. The molecule has 158 valence electrons. The van der Waals surface area contributed by atoms with Gasteiger partial charge in [-0.2, -0.15) is 0 Å². The molecular weight excluding hydrogens is 393 g/mol. The smallest absolute Gasteiger partial charge is 0.305 e. The first-order chi connectivity index (χ1) is 13.7. The van der Waals surface area contributed by atoms with E-state index in [-0.39, 0.29) is 10.9 Å². The molecule has 7 heteroatoms. The second kappa shape index (κ2) is 10.4. The number of hydrogen-bond donors (Lipinski definition) is 1. The fourth-order valence-corrected chi connectivity index (χ4v) is 4.46. The molecule has 5 nitrogen and oxygen atoms in total. The first kappa shape index (κ1) is 22.9. The van der Waals surface area contributed by atoms with Gasteiger partial charge in [0.25, 0.3) is 10.0 Å². The van der Waals surface area contributed by atoms with Crippen molar-refractivity contribution in [3.8, 4) is 0 Å². The number of methoxy groups -OCH3 is 1. The van der Waals surface area contributed by atoms with Crippen LogP contribution in [0.2, 0.25) is 0 Å². The number of anilines is 1. The van der Waals surface area contributed by atoms with Gasteiger partial charge in [-0.25, -0.2) is 12.8 Å². The fraction of sp³-hybridized carbons (Fsp3) is 0.409. The zero-order valence-corrected chi connectivity index (χ0v) is 17.9. The number of nitrogens with one attached hydrogen (secondary N) is 1. The summed E-state index contributed by atoms with van der Waals surface area (Å²) in [6.07, 6.45) is 4.78. The molecule has 0 saturated heterocycles. The van der Waals surface area contributed by atoms with E-state index in [0.717, 1.165) is 37.7 Å². The SMILES string of the molecule is COC(=O)CCCCCCc1cccc(S(=O)(=O)Nc2c(C)cc(F)cc2C)c1. The lowest BCUT2D eigenvalue weighted by atomic mass is 10.1. The molecule has 0 saturated carbocycles. The van der Waals surface area contributed by atoms with Gasteiger partial charge in [-0.05, 0) is 74.1 Å². The van der Waals surface area contributed by atoms with Crippen molar-refractivity contribution in [3.05, 3.63) is 58.9 Å². The summed E-state index contributed by atoms with van der Waals surface area (Å²) in [5, 5.41) is 0. The first-order valence-electron chi connectivity index (χ1n) is 9.68. The van der Waals surface area contributed by atoms with Crippen LogP contribution in [0.4, 0.5) is 10.1 Å². The van der Waals surface area contributed by atoms with Gasteiger partial charge < -0.3 is 4.74 Å². The summed E-state index contributed by atoms with van der Waals surface area (Å²) in [7, 11) is -2.38. The predicted molar refractivity (Wildman–Crippen MR) is 112 cm³/mol. The summed E-state index contributed by atoms with van der Waals surface area (Å²) in [5.74, 6) is -0.585. The highest BCUT2D eigenvalue weighted by molar-refractivity contribution is 7.92. The summed E-state index contributed by atoms with van der Waals surface area (Å²) in [6, 6.07) is 9.47. The van der Waals surface area contributed by atoms with Crippen LogP contribution in [0.1, 0.15) is 48.8 Å². The Morgan fingerprint density at radius 1 is 1.03 bits per heavy atom. The van der Waals surface area contributed by atoms with Crippen LogP contribution in [0.15, 0.2) is 41.3 Å². The molecule has 1 N–H and O–H groups in total. The van der Waals surface area contributed by atoms with Gasteiger partial charge in [-0.15, -0.1) is 0 Å². The van der Waals surface area contributed by atoms with Crippen LogP contribution in [-0.4, -0.2) is 21.5 Å². The van der Waals surface area contributed by atoms with Gasteiger partial charge in [0.2, 0.25) is 0 Å². The van der Waals surface area contributed by atoms with Gasteiger partial charge in [0.05, 0.1) is 17.7 Å². The van der Waals surface area contributed by atoms with Gasteiger partial charge in [0, 0.05) is 6.42 Å². The number of ether oxygens (including phenoxy) is 1.